The third-order valence-electron chi connectivity index (χ3n) is 6.26. The van der Waals surface area contributed by atoms with Gasteiger partial charge >= 0.3 is 0 Å². The van der Waals surface area contributed by atoms with Gasteiger partial charge in [-0.2, -0.15) is 0 Å². The first-order chi connectivity index (χ1) is 13.8. The molecule has 1 unspecified atom stereocenters. The fraction of sp³-hybridized carbons (Fsp3) is 0.524. The monoisotopic (exact) mass is 398 g/mol. The summed E-state index contributed by atoms with van der Waals surface area (Å²) < 4.78 is 0. The average molecular weight is 398 g/mol. The van der Waals surface area contributed by atoms with Crippen LogP contribution in [0.15, 0.2) is 18.2 Å². The summed E-state index contributed by atoms with van der Waals surface area (Å²) in [6.45, 7) is 2.54. The number of nitrogens with one attached hydrogen (secondary N) is 2. The number of imide groups is 2. The number of rotatable bonds is 4. The van der Waals surface area contributed by atoms with Crippen molar-refractivity contribution in [3.8, 4) is 0 Å². The molecule has 154 valence electrons. The lowest BCUT2D eigenvalue weighted by atomic mass is 9.81. The van der Waals surface area contributed by atoms with E-state index in [1.165, 1.54) is 0 Å². The second-order valence-corrected chi connectivity index (χ2v) is 8.60. The van der Waals surface area contributed by atoms with E-state index in [9.17, 15) is 19.2 Å². The lowest BCUT2D eigenvalue weighted by Crippen LogP contribution is -2.54. The Hall–Kier alpha value is -2.58. The Kier molecular flexibility index (Phi) is 5.00. The maximum absolute atomic E-state index is 13.1. The van der Waals surface area contributed by atoms with E-state index in [4.69, 9.17) is 5.73 Å². The highest BCUT2D eigenvalue weighted by Crippen LogP contribution is 2.31. The highest BCUT2D eigenvalue weighted by Gasteiger charge is 2.45. The van der Waals surface area contributed by atoms with Crippen molar-refractivity contribution in [3.05, 3.63) is 34.9 Å². The first-order valence-corrected chi connectivity index (χ1v) is 10.1. The largest absolute Gasteiger partial charge is 0.325 e. The van der Waals surface area contributed by atoms with Crippen LogP contribution in [0.5, 0.6) is 0 Å². The Morgan fingerprint density at radius 1 is 1.14 bits per heavy atom. The molecule has 8 nitrogen and oxygen atoms in total. The normalized spacial score (nSPS) is 29.8. The molecule has 1 saturated carbocycles. The molecule has 1 aliphatic carbocycles. The minimum Gasteiger partial charge on any atom is -0.325 e. The molecule has 2 fully saturated rings. The summed E-state index contributed by atoms with van der Waals surface area (Å²) >= 11 is 0. The second-order valence-electron chi connectivity index (χ2n) is 8.60. The summed E-state index contributed by atoms with van der Waals surface area (Å²) in [7, 11) is 0. The van der Waals surface area contributed by atoms with Gasteiger partial charge in [-0.3, -0.25) is 29.4 Å². The molecule has 29 heavy (non-hydrogen) atoms. The van der Waals surface area contributed by atoms with Crippen molar-refractivity contribution in [2.24, 2.45) is 5.73 Å². The maximum Gasteiger partial charge on any atom is 0.262 e. The molecule has 0 spiro atoms. The van der Waals surface area contributed by atoms with E-state index in [2.05, 4.69) is 17.6 Å². The van der Waals surface area contributed by atoms with Crippen LogP contribution in [0.3, 0.4) is 0 Å². The summed E-state index contributed by atoms with van der Waals surface area (Å²) in [5.41, 5.74) is 7.50. The van der Waals surface area contributed by atoms with E-state index in [-0.39, 0.29) is 24.3 Å². The number of carbonyl (C=O) groups excluding carboxylic acids is 4. The van der Waals surface area contributed by atoms with E-state index < -0.39 is 23.8 Å². The fourth-order valence-corrected chi connectivity index (χ4v) is 4.47. The standard InChI is InChI=1S/C21H26N4O4/c1-21(22)9-7-13(8-10-21)23-11-12-3-2-4-14-17(12)20(29)25(19(14)28)15-5-6-16(26)24-18(15)27/h2-4,13,15,23H,5-11,22H2,1H3,(H,24,26,27). The zero-order valence-electron chi connectivity index (χ0n) is 16.5. The van der Waals surface area contributed by atoms with Crippen molar-refractivity contribution < 1.29 is 19.2 Å². The molecule has 4 N–H and O–H groups in total. The Bertz CT molecular complexity index is 885. The molecule has 1 saturated heterocycles. The smallest absolute Gasteiger partial charge is 0.262 e. The van der Waals surface area contributed by atoms with Gasteiger partial charge in [0.2, 0.25) is 11.8 Å². The molecule has 0 bridgehead atoms. The lowest BCUT2D eigenvalue weighted by Gasteiger charge is -2.34. The highest BCUT2D eigenvalue weighted by atomic mass is 16.2. The van der Waals surface area contributed by atoms with Gasteiger partial charge in [0.15, 0.2) is 0 Å². The number of piperidine rings is 1. The summed E-state index contributed by atoms with van der Waals surface area (Å²) in [6, 6.07) is 4.58. The van der Waals surface area contributed by atoms with Gasteiger partial charge in [0.25, 0.3) is 11.8 Å². The van der Waals surface area contributed by atoms with Gasteiger partial charge in [-0.05, 0) is 50.7 Å². The topological polar surface area (TPSA) is 122 Å². The van der Waals surface area contributed by atoms with Crippen molar-refractivity contribution in [3.63, 3.8) is 0 Å². The fourth-order valence-electron chi connectivity index (χ4n) is 4.47. The van der Waals surface area contributed by atoms with E-state index in [0.717, 1.165) is 36.1 Å². The van der Waals surface area contributed by atoms with Crippen molar-refractivity contribution in [1.82, 2.24) is 15.5 Å². The zero-order chi connectivity index (χ0) is 20.8. The number of benzene rings is 1. The van der Waals surface area contributed by atoms with Crippen LogP contribution in [0.4, 0.5) is 0 Å². The van der Waals surface area contributed by atoms with Gasteiger partial charge in [-0.15, -0.1) is 0 Å². The molecule has 4 amide bonds. The second kappa shape index (κ2) is 7.35. The Morgan fingerprint density at radius 2 is 1.86 bits per heavy atom. The first kappa shape index (κ1) is 19.7. The Balaban J connectivity index is 1.51. The average Bonchev–Trinajstić information content (AvgIpc) is 2.93. The van der Waals surface area contributed by atoms with Crippen LogP contribution < -0.4 is 16.4 Å². The molecule has 1 aromatic rings. The van der Waals surface area contributed by atoms with Gasteiger partial charge in [-0.1, -0.05) is 12.1 Å². The summed E-state index contributed by atoms with van der Waals surface area (Å²) in [5.74, 6) is -1.91. The molecule has 8 heteroatoms. The van der Waals surface area contributed by atoms with E-state index in [1.54, 1.807) is 12.1 Å². The van der Waals surface area contributed by atoms with Gasteiger partial charge in [0.05, 0.1) is 11.1 Å². The molecule has 1 atom stereocenters. The number of nitrogens with two attached hydrogens (primary N) is 1. The third-order valence-corrected chi connectivity index (χ3v) is 6.26. The van der Waals surface area contributed by atoms with Crippen molar-refractivity contribution in [2.45, 2.75) is 69.6 Å². The van der Waals surface area contributed by atoms with Crippen LogP contribution in [0.2, 0.25) is 0 Å². The quantitative estimate of drug-likeness (QED) is 0.646. The molecular weight excluding hydrogens is 372 g/mol. The number of hydrogen-bond acceptors (Lipinski definition) is 6. The number of nitrogens with zero attached hydrogens (tertiary/aromatic N) is 1. The number of fused-ring (bicyclic) bond motifs is 1. The third kappa shape index (κ3) is 3.70. The molecule has 4 rings (SSSR count). The van der Waals surface area contributed by atoms with Crippen molar-refractivity contribution in [1.29, 1.82) is 0 Å². The summed E-state index contributed by atoms with van der Waals surface area (Å²) in [6.07, 6.45) is 4.09. The summed E-state index contributed by atoms with van der Waals surface area (Å²) in [4.78, 5) is 50.6. The lowest BCUT2D eigenvalue weighted by molar-refractivity contribution is -0.136. The molecule has 0 radical (unpaired) electrons. The van der Waals surface area contributed by atoms with Gasteiger partial charge in [0.1, 0.15) is 6.04 Å². The molecule has 2 heterocycles. The van der Waals surface area contributed by atoms with Crippen LogP contribution in [0, 0.1) is 0 Å². The predicted molar refractivity (Wildman–Crippen MR) is 105 cm³/mol. The highest BCUT2D eigenvalue weighted by molar-refractivity contribution is 6.24. The van der Waals surface area contributed by atoms with E-state index in [1.807, 2.05) is 6.07 Å². The van der Waals surface area contributed by atoms with Gasteiger partial charge < -0.3 is 11.1 Å². The zero-order valence-corrected chi connectivity index (χ0v) is 16.5. The Labute approximate surface area is 169 Å². The number of carbonyl (C=O) groups is 4. The van der Waals surface area contributed by atoms with Gasteiger partial charge in [-0.25, -0.2) is 0 Å². The number of amides is 4. The SMILES string of the molecule is CC1(N)CCC(NCc2cccc3c2C(=O)N(C2CCC(=O)NC2=O)C3=O)CC1. The van der Waals surface area contributed by atoms with E-state index in [0.29, 0.717) is 23.7 Å². The van der Waals surface area contributed by atoms with Crippen LogP contribution in [-0.2, 0) is 16.1 Å². The molecule has 1 aromatic carbocycles. The number of hydrogen-bond donors (Lipinski definition) is 3. The first-order valence-electron chi connectivity index (χ1n) is 10.1. The van der Waals surface area contributed by atoms with Gasteiger partial charge in [0, 0.05) is 24.5 Å². The maximum atomic E-state index is 13.1. The molecule has 0 aromatic heterocycles. The van der Waals surface area contributed by atoms with Crippen LogP contribution in [-0.4, -0.2) is 46.2 Å². The van der Waals surface area contributed by atoms with E-state index >= 15 is 0 Å². The van der Waals surface area contributed by atoms with Crippen LogP contribution in [0.1, 0.15) is 71.7 Å². The van der Waals surface area contributed by atoms with Crippen molar-refractivity contribution >= 4 is 23.6 Å². The minimum atomic E-state index is -0.943. The summed E-state index contributed by atoms with van der Waals surface area (Å²) in [5, 5.41) is 5.71. The molecular formula is C21H26N4O4. The minimum absolute atomic E-state index is 0.111. The van der Waals surface area contributed by atoms with Crippen LogP contribution in [0.25, 0.3) is 0 Å². The Morgan fingerprint density at radius 3 is 2.55 bits per heavy atom. The van der Waals surface area contributed by atoms with Crippen molar-refractivity contribution in [2.75, 3.05) is 0 Å². The predicted octanol–water partition coefficient (Wildman–Crippen LogP) is 0.837. The molecule has 2 aliphatic heterocycles. The molecule has 3 aliphatic rings. The van der Waals surface area contributed by atoms with Crippen LogP contribution >= 0.6 is 0 Å².